The lowest BCUT2D eigenvalue weighted by Gasteiger charge is -2.47. The second-order valence-electron chi connectivity index (χ2n) is 13.1. The van der Waals surface area contributed by atoms with Crippen LogP contribution in [0.5, 0.6) is 0 Å². The van der Waals surface area contributed by atoms with Gasteiger partial charge in [0.25, 0.3) is 5.91 Å². The lowest BCUT2D eigenvalue weighted by atomic mass is 9.61. The Kier molecular flexibility index (Phi) is 6.32. The minimum absolute atomic E-state index is 0.0744. The summed E-state index contributed by atoms with van der Waals surface area (Å²) in [6.07, 6.45) is 11.4. The third kappa shape index (κ3) is 4.27. The van der Waals surface area contributed by atoms with Crippen molar-refractivity contribution in [3.05, 3.63) is 83.9 Å². The molecular weight excluding hydrogens is 494 g/mol. The summed E-state index contributed by atoms with van der Waals surface area (Å²) in [5, 5.41) is 6.84. The van der Waals surface area contributed by atoms with Crippen molar-refractivity contribution in [2.24, 2.45) is 17.3 Å². The molecule has 4 aromatic rings. The number of imidazole rings is 1. The van der Waals surface area contributed by atoms with E-state index in [0.717, 1.165) is 49.1 Å². The number of H-pyrrole nitrogens is 1. The van der Waals surface area contributed by atoms with Crippen LogP contribution in [0, 0.1) is 24.2 Å². The zero-order chi connectivity index (χ0) is 27.3. The number of aryl methyl sites for hydroxylation is 1. The number of carbonyl (C=O) groups excluding carboxylic acids is 1. The van der Waals surface area contributed by atoms with Crippen molar-refractivity contribution in [3.8, 4) is 0 Å². The summed E-state index contributed by atoms with van der Waals surface area (Å²) in [5.41, 5.74) is 4.98. The first-order chi connectivity index (χ1) is 19.5. The third-order valence-electron chi connectivity index (χ3n) is 11.0. The van der Waals surface area contributed by atoms with Crippen molar-refractivity contribution in [1.82, 2.24) is 24.6 Å². The smallest absolute Gasteiger partial charge is 0.271 e. The fourth-order valence-electron chi connectivity index (χ4n) is 8.97. The average molecular weight is 536 g/mol. The van der Waals surface area contributed by atoms with Gasteiger partial charge in [-0.2, -0.15) is 5.10 Å². The Morgan fingerprint density at radius 1 is 1.02 bits per heavy atom. The lowest BCUT2D eigenvalue weighted by Crippen LogP contribution is -2.46. The molecule has 1 amide bonds. The lowest BCUT2D eigenvalue weighted by molar-refractivity contribution is 0.0563. The topological polar surface area (TPSA) is 66.8 Å². The van der Waals surface area contributed by atoms with E-state index in [9.17, 15) is 4.79 Å². The molecular formula is C34H41N5O. The molecule has 3 aliphatic rings. The van der Waals surface area contributed by atoms with Crippen LogP contribution in [0.2, 0.25) is 0 Å². The Bertz CT molecular complexity index is 1480. The van der Waals surface area contributed by atoms with E-state index in [-0.39, 0.29) is 11.3 Å². The predicted molar refractivity (Wildman–Crippen MR) is 158 cm³/mol. The van der Waals surface area contributed by atoms with Gasteiger partial charge in [0.15, 0.2) is 0 Å². The zero-order valence-corrected chi connectivity index (χ0v) is 23.9. The summed E-state index contributed by atoms with van der Waals surface area (Å²) < 4.78 is 2.56. The monoisotopic (exact) mass is 535 g/mol. The first kappa shape index (κ1) is 25.6. The standard InChI is InChI=1S/C34H41N5O/c1-24-36-29-10-6-7-11-31(29)39(24)27-22-25-12-15-33(2,23-27)28(25)13-16-34(26-8-4-3-5-9-26)17-20-38(21-18-34)32(40)30-14-19-35-37-30/h3-11,14,19,25,27-28H,12-13,15-18,20-23H2,1-2H3,(H,35,37)/t25?,27?,28?,33-/m1/s1. The second-order valence-corrected chi connectivity index (χ2v) is 13.1. The fraction of sp³-hybridized carbons (Fsp3) is 0.500. The first-order valence-corrected chi connectivity index (χ1v) is 15.2. The average Bonchev–Trinajstić information content (AvgIpc) is 3.67. The Labute approximate surface area is 237 Å². The predicted octanol–water partition coefficient (Wildman–Crippen LogP) is 7.09. The van der Waals surface area contributed by atoms with Gasteiger partial charge in [0.2, 0.25) is 0 Å². The molecule has 3 heterocycles. The summed E-state index contributed by atoms with van der Waals surface area (Å²) >= 11 is 0. The van der Waals surface area contributed by atoms with E-state index in [4.69, 9.17) is 4.98 Å². The SMILES string of the molecule is Cc1nc2ccccc2n1C1CC2CC[C@](C)(C1)C2CCC1(c2ccccc2)CCN(C(=O)c2ccn[nH]2)CC1. The van der Waals surface area contributed by atoms with E-state index >= 15 is 0 Å². The van der Waals surface area contributed by atoms with Crippen LogP contribution in [0.3, 0.4) is 0 Å². The molecule has 2 aromatic heterocycles. The highest BCUT2D eigenvalue weighted by Gasteiger charge is 2.51. The maximum atomic E-state index is 13.0. The maximum absolute atomic E-state index is 13.0. The molecule has 2 bridgehead atoms. The molecule has 0 spiro atoms. The van der Waals surface area contributed by atoms with Gasteiger partial charge in [0.05, 0.1) is 11.0 Å². The number of carbonyl (C=O) groups is 1. The van der Waals surface area contributed by atoms with Crippen molar-refractivity contribution in [3.63, 3.8) is 0 Å². The van der Waals surface area contributed by atoms with Gasteiger partial charge in [-0.25, -0.2) is 4.98 Å². The van der Waals surface area contributed by atoms with E-state index in [1.165, 1.54) is 49.6 Å². The molecule has 6 nitrogen and oxygen atoms in total. The molecule has 40 heavy (non-hydrogen) atoms. The number of para-hydroxylation sites is 2. The quantitative estimate of drug-likeness (QED) is 0.287. The number of aromatic nitrogens is 4. The Balaban J connectivity index is 1.10. The van der Waals surface area contributed by atoms with Gasteiger partial charge in [-0.05, 0) is 105 Å². The number of fused-ring (bicyclic) bond motifs is 3. The number of likely N-dealkylation sites (tertiary alicyclic amines) is 1. The summed E-state index contributed by atoms with van der Waals surface area (Å²) in [6.45, 7) is 6.36. The molecule has 1 N–H and O–H groups in total. The number of rotatable bonds is 6. The van der Waals surface area contributed by atoms with Crippen LogP contribution in [0.4, 0.5) is 0 Å². The summed E-state index contributed by atoms with van der Waals surface area (Å²) in [4.78, 5) is 20.0. The van der Waals surface area contributed by atoms with Gasteiger partial charge in [-0.1, -0.05) is 49.4 Å². The highest BCUT2D eigenvalue weighted by atomic mass is 16.2. The van der Waals surface area contributed by atoms with Crippen LogP contribution in [0.1, 0.15) is 86.2 Å². The van der Waals surface area contributed by atoms with Gasteiger partial charge in [0.1, 0.15) is 11.5 Å². The first-order valence-electron chi connectivity index (χ1n) is 15.2. The molecule has 2 aromatic carbocycles. The number of amides is 1. The number of nitrogens with one attached hydrogen (secondary N) is 1. The van der Waals surface area contributed by atoms with Crippen LogP contribution in [-0.4, -0.2) is 43.6 Å². The van der Waals surface area contributed by atoms with Crippen molar-refractivity contribution in [2.45, 2.75) is 76.7 Å². The Morgan fingerprint density at radius 2 is 1.80 bits per heavy atom. The van der Waals surface area contributed by atoms with E-state index in [2.05, 4.69) is 83.2 Å². The van der Waals surface area contributed by atoms with Gasteiger partial charge >= 0.3 is 0 Å². The highest BCUT2D eigenvalue weighted by molar-refractivity contribution is 5.92. The van der Waals surface area contributed by atoms with Crippen LogP contribution >= 0.6 is 0 Å². The molecule has 3 unspecified atom stereocenters. The van der Waals surface area contributed by atoms with Gasteiger partial charge in [-0.15, -0.1) is 0 Å². The van der Waals surface area contributed by atoms with Crippen LogP contribution in [-0.2, 0) is 5.41 Å². The van der Waals surface area contributed by atoms with Crippen molar-refractivity contribution in [2.75, 3.05) is 13.1 Å². The maximum Gasteiger partial charge on any atom is 0.271 e. The van der Waals surface area contributed by atoms with Crippen LogP contribution in [0.15, 0.2) is 66.9 Å². The molecule has 1 saturated heterocycles. The van der Waals surface area contributed by atoms with Crippen molar-refractivity contribution < 1.29 is 4.79 Å². The van der Waals surface area contributed by atoms with E-state index in [0.29, 0.717) is 17.2 Å². The molecule has 1 aliphatic heterocycles. The number of piperidine rings is 1. The second kappa shape index (κ2) is 9.90. The summed E-state index contributed by atoms with van der Waals surface area (Å²) in [6, 6.07) is 22.1. The van der Waals surface area contributed by atoms with E-state index < -0.39 is 0 Å². The summed E-state index contributed by atoms with van der Waals surface area (Å²) in [7, 11) is 0. The third-order valence-corrected chi connectivity index (χ3v) is 11.0. The fourth-order valence-corrected chi connectivity index (χ4v) is 8.97. The van der Waals surface area contributed by atoms with Gasteiger partial charge in [-0.3, -0.25) is 9.89 Å². The van der Waals surface area contributed by atoms with Crippen molar-refractivity contribution >= 4 is 16.9 Å². The molecule has 6 heteroatoms. The Morgan fingerprint density at radius 3 is 2.55 bits per heavy atom. The van der Waals surface area contributed by atoms with Crippen molar-refractivity contribution in [1.29, 1.82) is 0 Å². The number of nitrogens with zero attached hydrogens (tertiary/aromatic N) is 4. The molecule has 3 fully saturated rings. The molecule has 2 aliphatic carbocycles. The molecule has 2 saturated carbocycles. The highest BCUT2D eigenvalue weighted by Crippen LogP contribution is 2.61. The molecule has 208 valence electrons. The summed E-state index contributed by atoms with van der Waals surface area (Å²) in [5.74, 6) is 2.78. The number of hydrogen-bond donors (Lipinski definition) is 1. The number of aromatic amines is 1. The van der Waals surface area contributed by atoms with Gasteiger partial charge in [0, 0.05) is 25.3 Å². The number of benzene rings is 2. The number of hydrogen-bond acceptors (Lipinski definition) is 3. The minimum Gasteiger partial charge on any atom is -0.337 e. The minimum atomic E-state index is 0.0744. The molecule has 7 rings (SSSR count). The van der Waals surface area contributed by atoms with E-state index in [1.54, 1.807) is 12.3 Å². The largest absolute Gasteiger partial charge is 0.337 e. The molecule has 0 radical (unpaired) electrons. The molecule has 4 atom stereocenters. The normalized spacial score (nSPS) is 27.8. The Hall–Kier alpha value is -3.41. The van der Waals surface area contributed by atoms with Gasteiger partial charge < -0.3 is 9.47 Å². The van der Waals surface area contributed by atoms with E-state index in [1.807, 2.05) is 4.90 Å². The zero-order valence-electron chi connectivity index (χ0n) is 23.9. The van der Waals surface area contributed by atoms with Crippen LogP contribution in [0.25, 0.3) is 11.0 Å². The van der Waals surface area contributed by atoms with Crippen LogP contribution < -0.4 is 0 Å².